The van der Waals surface area contributed by atoms with Crippen LogP contribution in [0.5, 0.6) is 5.75 Å². The molecule has 102 valence electrons. The molecule has 6 nitrogen and oxygen atoms in total. The van der Waals surface area contributed by atoms with Crippen LogP contribution in [0.4, 0.5) is 11.8 Å². The summed E-state index contributed by atoms with van der Waals surface area (Å²) in [6.07, 6.45) is 3.44. The molecule has 0 fully saturated rings. The van der Waals surface area contributed by atoms with Crippen LogP contribution in [-0.2, 0) is 6.42 Å². The number of hydrogen-bond acceptors (Lipinski definition) is 6. The fourth-order valence-corrected chi connectivity index (χ4v) is 2.10. The van der Waals surface area contributed by atoms with Crippen LogP contribution >= 0.6 is 0 Å². The van der Waals surface area contributed by atoms with Crippen molar-refractivity contribution in [3.8, 4) is 5.75 Å². The molecule has 0 saturated heterocycles. The molecule has 1 aliphatic carbocycles. The average molecular weight is 269 g/mol. The molecule has 5 N–H and O–H groups in total. The molecule has 1 aromatic carbocycles. The number of rotatable bonds is 3. The van der Waals surface area contributed by atoms with Crippen molar-refractivity contribution in [1.82, 2.24) is 15.4 Å². The molecule has 0 saturated carbocycles. The number of allylic oxidation sites excluding steroid dienone is 1. The maximum Gasteiger partial charge on any atom is 0.222 e. The van der Waals surface area contributed by atoms with Crippen molar-refractivity contribution in [2.24, 2.45) is 0 Å². The minimum absolute atomic E-state index is 0.214. The number of aryl methyl sites for hydroxylation is 1. The largest absolute Gasteiger partial charge is 0.383 e. The van der Waals surface area contributed by atoms with Gasteiger partial charge in [-0.1, -0.05) is 18.2 Å². The van der Waals surface area contributed by atoms with E-state index in [-0.39, 0.29) is 5.95 Å². The van der Waals surface area contributed by atoms with Gasteiger partial charge in [-0.25, -0.2) is 10.5 Å². The van der Waals surface area contributed by atoms with E-state index >= 15 is 0 Å². The molecule has 1 aliphatic rings. The number of nitrogens with zero attached hydrogens (tertiary/aromatic N) is 2. The smallest absolute Gasteiger partial charge is 0.222 e. The van der Waals surface area contributed by atoms with Crippen LogP contribution in [0.15, 0.2) is 36.0 Å². The lowest BCUT2D eigenvalue weighted by Crippen LogP contribution is -2.21. The summed E-state index contributed by atoms with van der Waals surface area (Å²) < 4.78 is 0. The van der Waals surface area contributed by atoms with E-state index in [2.05, 4.69) is 15.4 Å². The molecule has 20 heavy (non-hydrogen) atoms. The van der Waals surface area contributed by atoms with Crippen molar-refractivity contribution in [1.29, 1.82) is 0 Å². The third-order valence-electron chi connectivity index (χ3n) is 3.06. The Labute approximate surface area is 116 Å². The van der Waals surface area contributed by atoms with E-state index < -0.39 is 0 Å². The van der Waals surface area contributed by atoms with Crippen LogP contribution in [0, 0.1) is 0 Å². The standard InChI is InChI=1S/C14H15N5O/c15-13-11-8-9(6-7-12(11)17-14(16)18-13)19-20-10-4-2-1-3-5-10/h1-5,8,19H,6-7H2,(H4,15,16,17,18). The molecule has 0 spiro atoms. The highest BCUT2D eigenvalue weighted by molar-refractivity contribution is 5.67. The minimum atomic E-state index is 0.214. The second-order valence-corrected chi connectivity index (χ2v) is 4.51. The number of nitrogens with two attached hydrogens (primary N) is 2. The van der Waals surface area contributed by atoms with E-state index in [9.17, 15) is 0 Å². The highest BCUT2D eigenvalue weighted by Crippen LogP contribution is 2.25. The fourth-order valence-electron chi connectivity index (χ4n) is 2.10. The van der Waals surface area contributed by atoms with Crippen molar-refractivity contribution in [3.63, 3.8) is 0 Å². The van der Waals surface area contributed by atoms with Crippen LogP contribution in [-0.4, -0.2) is 9.97 Å². The third-order valence-corrected chi connectivity index (χ3v) is 3.06. The van der Waals surface area contributed by atoms with Gasteiger partial charge in [0.15, 0.2) is 5.75 Å². The molecule has 6 heteroatoms. The van der Waals surface area contributed by atoms with Crippen molar-refractivity contribution in [2.45, 2.75) is 12.8 Å². The van der Waals surface area contributed by atoms with Crippen LogP contribution in [0.2, 0.25) is 0 Å². The Morgan fingerprint density at radius 1 is 1.05 bits per heavy atom. The zero-order valence-electron chi connectivity index (χ0n) is 10.8. The van der Waals surface area contributed by atoms with Crippen LogP contribution in [0.25, 0.3) is 6.08 Å². The number of nitrogen functional groups attached to an aromatic ring is 2. The molecule has 0 amide bonds. The van der Waals surface area contributed by atoms with E-state index in [1.54, 1.807) is 0 Å². The predicted octanol–water partition coefficient (Wildman–Crippen LogP) is 1.51. The van der Waals surface area contributed by atoms with E-state index in [1.165, 1.54) is 0 Å². The number of hydrogen-bond donors (Lipinski definition) is 3. The lowest BCUT2D eigenvalue weighted by Gasteiger charge is -2.18. The van der Waals surface area contributed by atoms with E-state index in [0.29, 0.717) is 5.82 Å². The van der Waals surface area contributed by atoms with Crippen LogP contribution < -0.4 is 21.8 Å². The van der Waals surface area contributed by atoms with Crippen molar-refractivity contribution in [2.75, 3.05) is 11.5 Å². The van der Waals surface area contributed by atoms with E-state index in [4.69, 9.17) is 16.3 Å². The fraction of sp³-hybridized carbons (Fsp3) is 0.143. The highest BCUT2D eigenvalue weighted by atomic mass is 16.6. The van der Waals surface area contributed by atoms with E-state index in [0.717, 1.165) is 35.5 Å². The van der Waals surface area contributed by atoms with Gasteiger partial charge >= 0.3 is 0 Å². The quantitative estimate of drug-likeness (QED) is 0.730. The van der Waals surface area contributed by atoms with Gasteiger partial charge < -0.3 is 16.3 Å². The lowest BCUT2D eigenvalue weighted by atomic mass is 10.0. The summed E-state index contributed by atoms with van der Waals surface area (Å²) in [6, 6.07) is 9.52. The number of aromatic nitrogens is 2. The summed E-state index contributed by atoms with van der Waals surface area (Å²) >= 11 is 0. The number of hydroxylamine groups is 1. The van der Waals surface area contributed by atoms with Gasteiger partial charge in [-0.05, 0) is 31.1 Å². The summed E-state index contributed by atoms with van der Waals surface area (Å²) in [6.45, 7) is 0. The molecule has 1 heterocycles. The molecule has 2 aromatic rings. The number of anilines is 2. The Morgan fingerprint density at radius 3 is 2.65 bits per heavy atom. The molecule has 0 aliphatic heterocycles. The second-order valence-electron chi connectivity index (χ2n) is 4.51. The monoisotopic (exact) mass is 269 g/mol. The van der Waals surface area contributed by atoms with Gasteiger partial charge in [-0.2, -0.15) is 4.98 Å². The van der Waals surface area contributed by atoms with Gasteiger partial charge in [0.2, 0.25) is 5.95 Å². The average Bonchev–Trinajstić information content (AvgIpc) is 2.46. The summed E-state index contributed by atoms with van der Waals surface area (Å²) in [5.74, 6) is 1.36. The first kappa shape index (κ1) is 12.3. The molecular formula is C14H15N5O. The first-order valence-corrected chi connectivity index (χ1v) is 6.33. The van der Waals surface area contributed by atoms with Crippen LogP contribution in [0.1, 0.15) is 17.7 Å². The Kier molecular flexibility index (Phi) is 3.12. The Bertz CT molecular complexity index is 654. The maximum absolute atomic E-state index is 5.87. The topological polar surface area (TPSA) is 99.1 Å². The molecule has 0 atom stereocenters. The van der Waals surface area contributed by atoms with Gasteiger partial charge in [-0.15, -0.1) is 0 Å². The summed E-state index contributed by atoms with van der Waals surface area (Å²) in [5.41, 5.74) is 17.0. The molecule has 3 rings (SSSR count). The number of benzene rings is 1. The zero-order valence-corrected chi connectivity index (χ0v) is 10.8. The summed E-state index contributed by atoms with van der Waals surface area (Å²) in [5, 5.41) is 0. The van der Waals surface area contributed by atoms with Crippen LogP contribution in [0.3, 0.4) is 0 Å². The molecule has 0 unspecified atom stereocenters. The van der Waals surface area contributed by atoms with Gasteiger partial charge in [0, 0.05) is 5.56 Å². The number of para-hydroxylation sites is 1. The Hall–Kier alpha value is -2.76. The zero-order chi connectivity index (χ0) is 13.9. The van der Waals surface area contributed by atoms with Crippen molar-refractivity contribution in [3.05, 3.63) is 47.3 Å². The van der Waals surface area contributed by atoms with Crippen molar-refractivity contribution < 1.29 is 4.84 Å². The molecule has 1 aromatic heterocycles. The lowest BCUT2D eigenvalue weighted by molar-refractivity contribution is 0.225. The normalized spacial score (nSPS) is 13.3. The Morgan fingerprint density at radius 2 is 1.85 bits per heavy atom. The highest BCUT2D eigenvalue weighted by Gasteiger charge is 2.16. The number of nitrogens with one attached hydrogen (secondary N) is 1. The first-order valence-electron chi connectivity index (χ1n) is 6.33. The van der Waals surface area contributed by atoms with E-state index in [1.807, 2.05) is 36.4 Å². The predicted molar refractivity (Wildman–Crippen MR) is 77.4 cm³/mol. The van der Waals surface area contributed by atoms with Crippen molar-refractivity contribution >= 4 is 17.8 Å². The SMILES string of the molecule is Nc1nc(N)c2c(n1)CCC(NOc1ccccc1)=C2. The van der Waals surface area contributed by atoms with Gasteiger partial charge in [0.25, 0.3) is 0 Å². The summed E-state index contributed by atoms with van der Waals surface area (Å²) in [7, 11) is 0. The van der Waals surface area contributed by atoms with Gasteiger partial charge in [-0.3, -0.25) is 0 Å². The third kappa shape index (κ3) is 2.49. The first-order chi connectivity index (χ1) is 9.72. The molecule has 0 radical (unpaired) electrons. The second kappa shape index (κ2) is 5.08. The summed E-state index contributed by atoms with van der Waals surface area (Å²) in [4.78, 5) is 13.7. The Balaban J connectivity index is 1.77. The number of fused-ring (bicyclic) bond motifs is 1. The minimum Gasteiger partial charge on any atom is -0.383 e. The maximum atomic E-state index is 5.87. The molecular weight excluding hydrogens is 254 g/mol. The van der Waals surface area contributed by atoms with Gasteiger partial charge in [0.05, 0.1) is 11.4 Å². The molecule has 0 bridgehead atoms. The van der Waals surface area contributed by atoms with Gasteiger partial charge in [0.1, 0.15) is 5.82 Å².